The van der Waals surface area contributed by atoms with E-state index in [0.717, 1.165) is 21.3 Å². The summed E-state index contributed by atoms with van der Waals surface area (Å²) in [6.45, 7) is 0.261. The number of aromatic carboxylic acids is 1. The van der Waals surface area contributed by atoms with Crippen LogP contribution in [0.3, 0.4) is 0 Å². The molecule has 0 aromatic heterocycles. The molecule has 19 heavy (non-hydrogen) atoms. The summed E-state index contributed by atoms with van der Waals surface area (Å²) in [5.41, 5.74) is 0.287. The van der Waals surface area contributed by atoms with Gasteiger partial charge < -0.3 is 14.6 Å². The smallest absolute Gasteiger partial charge is 0.335 e. The highest BCUT2D eigenvalue weighted by Crippen LogP contribution is 2.37. The van der Waals surface area contributed by atoms with Gasteiger partial charge in [-0.2, -0.15) is 0 Å². The van der Waals surface area contributed by atoms with Crippen molar-refractivity contribution in [3.05, 3.63) is 48.0 Å². The summed E-state index contributed by atoms with van der Waals surface area (Å²) in [7, 11) is 0. The normalized spacial score (nSPS) is 12.4. The molecule has 1 N–H and O–H groups in total. The molecule has 0 aliphatic carbocycles. The quantitative estimate of drug-likeness (QED) is 0.931. The Bertz CT molecular complexity index is 622. The molecule has 1 heterocycles. The van der Waals surface area contributed by atoms with Crippen molar-refractivity contribution >= 4 is 17.7 Å². The molecule has 0 saturated carbocycles. The van der Waals surface area contributed by atoms with E-state index in [1.807, 2.05) is 18.2 Å². The second kappa shape index (κ2) is 4.85. The molecule has 0 amide bonds. The molecule has 2 aromatic rings. The van der Waals surface area contributed by atoms with Crippen molar-refractivity contribution < 1.29 is 19.4 Å². The summed E-state index contributed by atoms with van der Waals surface area (Å²) in [6, 6.07) is 12.5. The Labute approximate surface area is 114 Å². The Morgan fingerprint density at radius 2 is 1.68 bits per heavy atom. The highest BCUT2D eigenvalue weighted by molar-refractivity contribution is 7.99. The Balaban J connectivity index is 1.79. The molecule has 5 heteroatoms. The van der Waals surface area contributed by atoms with Crippen LogP contribution in [0, 0.1) is 0 Å². The molecule has 0 unspecified atom stereocenters. The van der Waals surface area contributed by atoms with E-state index in [1.165, 1.54) is 0 Å². The maximum absolute atomic E-state index is 10.8. The van der Waals surface area contributed by atoms with E-state index in [2.05, 4.69) is 0 Å². The molecule has 0 atom stereocenters. The fourth-order valence-corrected chi connectivity index (χ4v) is 2.59. The molecule has 3 rings (SSSR count). The van der Waals surface area contributed by atoms with E-state index < -0.39 is 5.97 Å². The van der Waals surface area contributed by atoms with Crippen LogP contribution in [0.1, 0.15) is 10.4 Å². The zero-order valence-electron chi connectivity index (χ0n) is 9.83. The molecule has 0 fully saturated rings. The minimum Gasteiger partial charge on any atom is -0.478 e. The van der Waals surface area contributed by atoms with Crippen molar-refractivity contribution in [3.63, 3.8) is 0 Å². The number of rotatable bonds is 3. The lowest BCUT2D eigenvalue weighted by molar-refractivity contribution is 0.0697. The predicted octanol–water partition coefficient (Wildman–Crippen LogP) is 3.26. The van der Waals surface area contributed by atoms with Gasteiger partial charge in [0.15, 0.2) is 11.5 Å². The maximum Gasteiger partial charge on any atom is 0.335 e. The number of hydrogen-bond donors (Lipinski definition) is 1. The topological polar surface area (TPSA) is 55.8 Å². The number of ether oxygens (including phenoxy) is 2. The van der Waals surface area contributed by atoms with Crippen LogP contribution in [0.4, 0.5) is 0 Å². The van der Waals surface area contributed by atoms with Crippen molar-refractivity contribution in [2.75, 3.05) is 6.79 Å². The summed E-state index contributed by atoms with van der Waals surface area (Å²) < 4.78 is 10.6. The fourth-order valence-electron chi connectivity index (χ4n) is 1.74. The lowest BCUT2D eigenvalue weighted by Crippen LogP contribution is -1.94. The third kappa shape index (κ3) is 2.51. The first-order chi connectivity index (χ1) is 9.22. The number of carboxylic acid groups (broad SMARTS) is 1. The lowest BCUT2D eigenvalue weighted by atomic mass is 10.2. The molecular weight excluding hydrogens is 264 g/mol. The van der Waals surface area contributed by atoms with Crippen LogP contribution in [0.25, 0.3) is 0 Å². The Morgan fingerprint density at radius 1 is 1.00 bits per heavy atom. The van der Waals surface area contributed by atoms with Crippen molar-refractivity contribution in [2.45, 2.75) is 9.79 Å². The van der Waals surface area contributed by atoms with Crippen LogP contribution in [0.5, 0.6) is 11.5 Å². The summed E-state index contributed by atoms with van der Waals surface area (Å²) in [5.74, 6) is 0.581. The summed E-state index contributed by atoms with van der Waals surface area (Å²) >= 11 is 1.55. The second-order valence-corrected chi connectivity index (χ2v) is 5.09. The predicted molar refractivity (Wildman–Crippen MR) is 70.1 cm³/mol. The fraction of sp³-hybridized carbons (Fsp3) is 0.0714. The van der Waals surface area contributed by atoms with Gasteiger partial charge in [0.25, 0.3) is 0 Å². The average molecular weight is 274 g/mol. The highest BCUT2D eigenvalue weighted by Gasteiger charge is 2.13. The molecule has 0 bridgehead atoms. The van der Waals surface area contributed by atoms with E-state index in [-0.39, 0.29) is 12.4 Å². The monoisotopic (exact) mass is 274 g/mol. The molecule has 96 valence electrons. The van der Waals surface area contributed by atoms with Gasteiger partial charge in [-0.05, 0) is 42.5 Å². The number of carboxylic acids is 1. The van der Waals surface area contributed by atoms with Crippen molar-refractivity contribution in [3.8, 4) is 11.5 Å². The summed E-state index contributed by atoms with van der Waals surface area (Å²) in [4.78, 5) is 12.8. The largest absolute Gasteiger partial charge is 0.478 e. The van der Waals surface area contributed by atoms with Gasteiger partial charge in [-0.25, -0.2) is 4.79 Å². The third-order valence-corrected chi connectivity index (χ3v) is 3.68. The first-order valence-corrected chi connectivity index (χ1v) is 6.45. The van der Waals surface area contributed by atoms with Crippen molar-refractivity contribution in [1.82, 2.24) is 0 Å². The van der Waals surface area contributed by atoms with Gasteiger partial charge in [0.1, 0.15) is 0 Å². The zero-order chi connectivity index (χ0) is 13.2. The molecule has 4 nitrogen and oxygen atoms in total. The molecule has 0 radical (unpaired) electrons. The number of benzene rings is 2. The van der Waals surface area contributed by atoms with Crippen LogP contribution in [-0.4, -0.2) is 17.9 Å². The number of hydrogen-bond acceptors (Lipinski definition) is 4. The van der Waals surface area contributed by atoms with Gasteiger partial charge in [0.2, 0.25) is 6.79 Å². The second-order valence-electron chi connectivity index (χ2n) is 3.95. The first-order valence-electron chi connectivity index (χ1n) is 5.63. The van der Waals surface area contributed by atoms with Crippen molar-refractivity contribution in [2.24, 2.45) is 0 Å². The van der Waals surface area contributed by atoms with Gasteiger partial charge in [0.05, 0.1) is 5.56 Å². The molecule has 1 aliphatic heterocycles. The zero-order valence-corrected chi connectivity index (χ0v) is 10.6. The Hall–Kier alpha value is -2.14. The first kappa shape index (κ1) is 11.9. The Kier molecular flexibility index (Phi) is 3.05. The lowest BCUT2D eigenvalue weighted by Gasteiger charge is -2.03. The Morgan fingerprint density at radius 3 is 2.42 bits per heavy atom. The van der Waals surface area contributed by atoms with Crippen molar-refractivity contribution in [1.29, 1.82) is 0 Å². The summed E-state index contributed by atoms with van der Waals surface area (Å²) in [6.07, 6.45) is 0. The minimum absolute atomic E-state index is 0.261. The van der Waals surface area contributed by atoms with E-state index in [1.54, 1.807) is 36.0 Å². The molecular formula is C14H10O4S. The maximum atomic E-state index is 10.8. The third-order valence-electron chi connectivity index (χ3n) is 2.68. The van der Waals surface area contributed by atoms with Gasteiger partial charge in [-0.3, -0.25) is 0 Å². The van der Waals surface area contributed by atoms with Crippen LogP contribution in [0.15, 0.2) is 52.3 Å². The number of carbonyl (C=O) groups is 1. The van der Waals surface area contributed by atoms with Gasteiger partial charge >= 0.3 is 5.97 Å². The van der Waals surface area contributed by atoms with Crippen LogP contribution in [0.2, 0.25) is 0 Å². The number of fused-ring (bicyclic) bond motifs is 1. The van der Waals surface area contributed by atoms with E-state index in [4.69, 9.17) is 14.6 Å². The van der Waals surface area contributed by atoms with Gasteiger partial charge in [-0.15, -0.1) is 0 Å². The van der Waals surface area contributed by atoms with Crippen LogP contribution >= 0.6 is 11.8 Å². The molecule has 0 saturated heterocycles. The molecule has 0 spiro atoms. The highest BCUT2D eigenvalue weighted by atomic mass is 32.2. The van der Waals surface area contributed by atoms with Crippen LogP contribution in [-0.2, 0) is 0 Å². The van der Waals surface area contributed by atoms with Crippen LogP contribution < -0.4 is 9.47 Å². The standard InChI is InChI=1S/C14H10O4S/c15-14(16)9-1-3-10(4-2-9)19-11-5-6-12-13(7-11)18-8-17-12/h1-7H,8H2,(H,15,16). The SMILES string of the molecule is O=C(O)c1ccc(Sc2ccc3c(c2)OCO3)cc1. The molecule has 1 aliphatic rings. The van der Waals surface area contributed by atoms with Gasteiger partial charge in [0, 0.05) is 9.79 Å². The minimum atomic E-state index is -0.917. The van der Waals surface area contributed by atoms with E-state index in [0.29, 0.717) is 0 Å². The van der Waals surface area contributed by atoms with Gasteiger partial charge in [-0.1, -0.05) is 11.8 Å². The van der Waals surface area contributed by atoms with E-state index >= 15 is 0 Å². The van der Waals surface area contributed by atoms with E-state index in [9.17, 15) is 4.79 Å². The molecule has 2 aromatic carbocycles. The summed E-state index contributed by atoms with van der Waals surface area (Å²) in [5, 5.41) is 8.83. The average Bonchev–Trinajstić information content (AvgIpc) is 2.87.